The van der Waals surface area contributed by atoms with E-state index in [0.717, 1.165) is 17.9 Å². The van der Waals surface area contributed by atoms with Gasteiger partial charge in [-0.05, 0) is 24.1 Å². The Balaban J connectivity index is 2.26. The van der Waals surface area contributed by atoms with E-state index in [9.17, 15) is 0 Å². The van der Waals surface area contributed by atoms with Crippen molar-refractivity contribution in [2.45, 2.75) is 13.5 Å². The van der Waals surface area contributed by atoms with Gasteiger partial charge in [0.05, 0.1) is 12.8 Å². The quantitative estimate of drug-likeness (QED) is 0.907. The molecule has 0 atom stereocenters. The number of aromatic nitrogens is 1. The Labute approximate surface area is 120 Å². The van der Waals surface area contributed by atoms with Gasteiger partial charge in [0.15, 0.2) is 0 Å². The molecule has 0 fully saturated rings. The lowest BCUT2D eigenvalue weighted by molar-refractivity contribution is 0.400. The van der Waals surface area contributed by atoms with Gasteiger partial charge in [0.25, 0.3) is 0 Å². The number of hydrogen-bond acceptors (Lipinski definition) is 4. The van der Waals surface area contributed by atoms with Gasteiger partial charge >= 0.3 is 0 Å². The average molecular weight is 271 g/mol. The third-order valence-electron chi connectivity index (χ3n) is 3.29. The fraction of sp³-hybridized carbons (Fsp3) is 0.312. The van der Waals surface area contributed by atoms with Crippen LogP contribution in [0, 0.1) is 6.92 Å². The van der Waals surface area contributed by atoms with E-state index in [4.69, 9.17) is 4.74 Å². The molecule has 2 aromatic rings. The molecular weight excluding hydrogens is 250 g/mol. The summed E-state index contributed by atoms with van der Waals surface area (Å²) in [5.41, 5.74) is 4.52. The highest BCUT2D eigenvalue weighted by Gasteiger charge is 2.12. The zero-order chi connectivity index (χ0) is 14.5. The predicted molar refractivity (Wildman–Crippen MR) is 83.6 cm³/mol. The topological polar surface area (TPSA) is 37.4 Å². The maximum Gasteiger partial charge on any atom is 0.239 e. The van der Waals surface area contributed by atoms with E-state index in [-0.39, 0.29) is 0 Å². The first-order valence-corrected chi connectivity index (χ1v) is 6.62. The molecule has 0 saturated carbocycles. The summed E-state index contributed by atoms with van der Waals surface area (Å²) in [5, 5.41) is 3.44. The third kappa shape index (κ3) is 3.02. The molecule has 0 spiro atoms. The van der Waals surface area contributed by atoms with Gasteiger partial charge < -0.3 is 15.0 Å². The lowest BCUT2D eigenvalue weighted by atomic mass is 10.1. The lowest BCUT2D eigenvalue weighted by Crippen LogP contribution is -2.13. The second-order valence-corrected chi connectivity index (χ2v) is 4.89. The Kier molecular flexibility index (Phi) is 4.45. The van der Waals surface area contributed by atoms with E-state index in [0.29, 0.717) is 5.88 Å². The summed E-state index contributed by atoms with van der Waals surface area (Å²) >= 11 is 0. The Morgan fingerprint density at radius 3 is 2.60 bits per heavy atom. The van der Waals surface area contributed by atoms with Crippen molar-refractivity contribution in [3.05, 3.63) is 47.7 Å². The average Bonchev–Trinajstić information content (AvgIpc) is 2.46. The molecule has 1 heterocycles. The molecular formula is C16H21N3O. The molecule has 1 aromatic carbocycles. The third-order valence-corrected chi connectivity index (χ3v) is 3.29. The molecule has 0 amide bonds. The van der Waals surface area contributed by atoms with E-state index in [1.165, 1.54) is 11.1 Å². The van der Waals surface area contributed by atoms with Crippen LogP contribution in [0.4, 0.5) is 11.4 Å². The molecule has 0 aliphatic rings. The second-order valence-electron chi connectivity index (χ2n) is 4.89. The Bertz CT molecular complexity index is 582. The largest absolute Gasteiger partial charge is 0.479 e. The lowest BCUT2D eigenvalue weighted by Gasteiger charge is -2.20. The fourth-order valence-electron chi connectivity index (χ4n) is 2.12. The van der Waals surface area contributed by atoms with Gasteiger partial charge in [0.1, 0.15) is 5.69 Å². The summed E-state index contributed by atoms with van der Waals surface area (Å²) in [6.45, 7) is 2.86. The molecule has 0 bridgehead atoms. The van der Waals surface area contributed by atoms with E-state index in [2.05, 4.69) is 41.5 Å². The van der Waals surface area contributed by atoms with Gasteiger partial charge in [0.2, 0.25) is 5.88 Å². The molecule has 1 aromatic heterocycles. The normalized spacial score (nSPS) is 10.2. The van der Waals surface area contributed by atoms with Crippen molar-refractivity contribution in [2.75, 3.05) is 31.4 Å². The summed E-state index contributed by atoms with van der Waals surface area (Å²) in [4.78, 5) is 6.31. The van der Waals surface area contributed by atoms with Gasteiger partial charge in [-0.25, -0.2) is 4.98 Å². The van der Waals surface area contributed by atoms with Crippen LogP contribution < -0.4 is 15.0 Å². The van der Waals surface area contributed by atoms with E-state index >= 15 is 0 Å². The molecule has 0 aliphatic carbocycles. The van der Waals surface area contributed by atoms with Crippen molar-refractivity contribution in [1.82, 2.24) is 4.98 Å². The first-order valence-electron chi connectivity index (χ1n) is 6.62. The van der Waals surface area contributed by atoms with Crippen LogP contribution in [0.1, 0.15) is 11.1 Å². The van der Waals surface area contributed by atoms with Gasteiger partial charge in [-0.1, -0.05) is 24.3 Å². The van der Waals surface area contributed by atoms with E-state index < -0.39 is 0 Å². The summed E-state index contributed by atoms with van der Waals surface area (Å²) < 4.78 is 5.35. The number of methoxy groups -OCH3 is 1. The van der Waals surface area contributed by atoms with Crippen molar-refractivity contribution in [1.29, 1.82) is 0 Å². The number of pyridine rings is 1. The summed E-state index contributed by atoms with van der Waals surface area (Å²) in [6, 6.07) is 10.3. The van der Waals surface area contributed by atoms with Crippen molar-refractivity contribution in [3.63, 3.8) is 0 Å². The highest BCUT2D eigenvalue weighted by Crippen LogP contribution is 2.32. The molecule has 4 heteroatoms. The van der Waals surface area contributed by atoms with Gasteiger partial charge in [0, 0.05) is 26.8 Å². The molecule has 0 aliphatic heterocycles. The molecule has 106 valence electrons. The SMILES string of the molecule is COc1nccc(N(C)C)c1NCc1ccccc1C. The molecule has 0 unspecified atom stereocenters. The number of rotatable bonds is 5. The van der Waals surface area contributed by atoms with Crippen molar-refractivity contribution in [2.24, 2.45) is 0 Å². The minimum atomic E-state index is 0.616. The van der Waals surface area contributed by atoms with Crippen molar-refractivity contribution in [3.8, 4) is 5.88 Å². The number of hydrogen-bond donors (Lipinski definition) is 1. The van der Waals surface area contributed by atoms with Gasteiger partial charge in [-0.15, -0.1) is 0 Å². The summed E-state index contributed by atoms with van der Waals surface area (Å²) in [7, 11) is 5.65. The molecule has 0 saturated heterocycles. The minimum absolute atomic E-state index is 0.616. The molecule has 0 radical (unpaired) electrons. The van der Waals surface area contributed by atoms with Crippen LogP contribution in [0.25, 0.3) is 0 Å². The number of anilines is 2. The maximum absolute atomic E-state index is 5.35. The van der Waals surface area contributed by atoms with Crippen LogP contribution in [0.2, 0.25) is 0 Å². The highest BCUT2D eigenvalue weighted by atomic mass is 16.5. The second kappa shape index (κ2) is 6.28. The molecule has 4 nitrogen and oxygen atoms in total. The number of aryl methyl sites for hydroxylation is 1. The van der Waals surface area contributed by atoms with Crippen LogP contribution in [0.5, 0.6) is 5.88 Å². The van der Waals surface area contributed by atoms with Crippen molar-refractivity contribution >= 4 is 11.4 Å². The highest BCUT2D eigenvalue weighted by molar-refractivity contribution is 5.74. The van der Waals surface area contributed by atoms with E-state index in [1.807, 2.05) is 25.1 Å². The monoisotopic (exact) mass is 271 g/mol. The smallest absolute Gasteiger partial charge is 0.239 e. The van der Waals surface area contributed by atoms with Crippen LogP contribution in [-0.4, -0.2) is 26.2 Å². The van der Waals surface area contributed by atoms with Gasteiger partial charge in [-0.3, -0.25) is 0 Å². The number of nitrogens with one attached hydrogen (secondary N) is 1. The summed E-state index contributed by atoms with van der Waals surface area (Å²) in [6.07, 6.45) is 1.76. The Morgan fingerprint density at radius 1 is 1.20 bits per heavy atom. The summed E-state index contributed by atoms with van der Waals surface area (Å²) in [5.74, 6) is 0.616. The zero-order valence-electron chi connectivity index (χ0n) is 12.5. The van der Waals surface area contributed by atoms with Crippen LogP contribution in [0.15, 0.2) is 36.5 Å². The van der Waals surface area contributed by atoms with Crippen LogP contribution in [0.3, 0.4) is 0 Å². The molecule has 20 heavy (non-hydrogen) atoms. The first-order chi connectivity index (χ1) is 9.63. The number of benzene rings is 1. The van der Waals surface area contributed by atoms with Gasteiger partial charge in [-0.2, -0.15) is 0 Å². The van der Waals surface area contributed by atoms with Crippen molar-refractivity contribution < 1.29 is 4.74 Å². The Hall–Kier alpha value is -2.23. The fourth-order valence-corrected chi connectivity index (χ4v) is 2.12. The first kappa shape index (κ1) is 14.2. The van der Waals surface area contributed by atoms with E-state index in [1.54, 1.807) is 13.3 Å². The Morgan fingerprint density at radius 2 is 1.95 bits per heavy atom. The zero-order valence-corrected chi connectivity index (χ0v) is 12.5. The molecule has 2 rings (SSSR count). The number of ether oxygens (including phenoxy) is 1. The molecule has 1 N–H and O–H groups in total. The van der Waals surface area contributed by atoms with Crippen LogP contribution >= 0.6 is 0 Å². The minimum Gasteiger partial charge on any atom is -0.479 e. The number of nitrogens with zero attached hydrogens (tertiary/aromatic N) is 2. The maximum atomic E-state index is 5.35. The predicted octanol–water partition coefficient (Wildman–Crippen LogP) is 3.08. The standard InChI is InChI=1S/C16H21N3O/c1-12-7-5-6-8-13(12)11-18-15-14(19(2)3)9-10-17-16(15)20-4/h5-10,18H,11H2,1-4H3. The van der Waals surface area contributed by atoms with Crippen LogP contribution in [-0.2, 0) is 6.54 Å².